The molecule has 80 valence electrons. The van der Waals surface area contributed by atoms with Gasteiger partial charge in [0, 0.05) is 14.1 Å². The second-order valence-corrected chi connectivity index (χ2v) is 3.53. The van der Waals surface area contributed by atoms with Gasteiger partial charge >= 0.3 is 0 Å². The van der Waals surface area contributed by atoms with Crippen molar-refractivity contribution in [1.82, 2.24) is 4.90 Å². The SMILES string of the molecule is CN(C)C(=O)c1cccc2c1OCCO2. The van der Waals surface area contributed by atoms with E-state index in [1.54, 1.807) is 32.3 Å². The van der Waals surface area contributed by atoms with Crippen LogP contribution in [-0.2, 0) is 0 Å². The minimum absolute atomic E-state index is 0.0719. The molecule has 1 aliphatic heterocycles. The molecular formula is C11H13NO3. The van der Waals surface area contributed by atoms with Crippen LogP contribution in [0.25, 0.3) is 0 Å². The van der Waals surface area contributed by atoms with E-state index in [1.807, 2.05) is 0 Å². The minimum Gasteiger partial charge on any atom is -0.486 e. The molecule has 1 aliphatic rings. The lowest BCUT2D eigenvalue weighted by Gasteiger charge is -2.21. The Balaban J connectivity index is 2.43. The summed E-state index contributed by atoms with van der Waals surface area (Å²) in [6.45, 7) is 1.03. The molecule has 0 unspecified atom stereocenters. The lowest BCUT2D eigenvalue weighted by atomic mass is 10.1. The van der Waals surface area contributed by atoms with Crippen LogP contribution in [-0.4, -0.2) is 38.1 Å². The summed E-state index contributed by atoms with van der Waals surface area (Å²) in [4.78, 5) is 13.3. The van der Waals surface area contributed by atoms with Crippen LogP contribution in [0, 0.1) is 0 Å². The Kier molecular flexibility index (Phi) is 2.49. The maximum Gasteiger partial charge on any atom is 0.257 e. The second-order valence-electron chi connectivity index (χ2n) is 3.53. The summed E-state index contributed by atoms with van der Waals surface area (Å²) in [5.74, 6) is 1.13. The number of ether oxygens (including phenoxy) is 2. The molecule has 15 heavy (non-hydrogen) atoms. The molecule has 0 radical (unpaired) electrons. The standard InChI is InChI=1S/C11H13NO3/c1-12(2)11(13)8-4-3-5-9-10(8)15-7-6-14-9/h3-5H,6-7H2,1-2H3. The van der Waals surface area contributed by atoms with Gasteiger partial charge in [0.05, 0.1) is 5.56 Å². The molecule has 1 amide bonds. The fourth-order valence-electron chi connectivity index (χ4n) is 1.48. The molecule has 0 spiro atoms. The molecule has 2 rings (SSSR count). The highest BCUT2D eigenvalue weighted by Gasteiger charge is 2.20. The normalized spacial score (nSPS) is 13.5. The summed E-state index contributed by atoms with van der Waals surface area (Å²) < 4.78 is 10.9. The zero-order chi connectivity index (χ0) is 10.8. The minimum atomic E-state index is -0.0719. The number of rotatable bonds is 1. The van der Waals surface area contributed by atoms with Crippen molar-refractivity contribution in [1.29, 1.82) is 0 Å². The highest BCUT2D eigenvalue weighted by Crippen LogP contribution is 2.33. The van der Waals surface area contributed by atoms with Gasteiger partial charge in [-0.05, 0) is 12.1 Å². The Morgan fingerprint density at radius 2 is 2.00 bits per heavy atom. The third kappa shape index (κ3) is 1.75. The lowest BCUT2D eigenvalue weighted by Crippen LogP contribution is -2.24. The van der Waals surface area contributed by atoms with Gasteiger partial charge in [-0.2, -0.15) is 0 Å². The first-order chi connectivity index (χ1) is 7.20. The number of hydrogen-bond donors (Lipinski definition) is 0. The van der Waals surface area contributed by atoms with Crippen molar-refractivity contribution < 1.29 is 14.3 Å². The lowest BCUT2D eigenvalue weighted by molar-refractivity contribution is 0.0816. The highest BCUT2D eigenvalue weighted by atomic mass is 16.6. The monoisotopic (exact) mass is 207 g/mol. The van der Waals surface area contributed by atoms with Gasteiger partial charge in [0.15, 0.2) is 11.5 Å². The maximum absolute atomic E-state index is 11.8. The quantitative estimate of drug-likeness (QED) is 0.693. The Labute approximate surface area is 88.4 Å². The second kappa shape index (κ2) is 3.81. The molecule has 0 saturated carbocycles. The molecule has 0 aliphatic carbocycles. The van der Waals surface area contributed by atoms with Crippen LogP contribution in [0.2, 0.25) is 0 Å². The third-order valence-corrected chi connectivity index (χ3v) is 2.20. The number of carbonyl (C=O) groups excluding carboxylic acids is 1. The van der Waals surface area contributed by atoms with Gasteiger partial charge in [0.2, 0.25) is 0 Å². The van der Waals surface area contributed by atoms with Gasteiger partial charge in [0.25, 0.3) is 5.91 Å². The molecule has 0 fully saturated rings. The predicted molar refractivity (Wildman–Crippen MR) is 55.4 cm³/mol. The first-order valence-corrected chi connectivity index (χ1v) is 4.80. The van der Waals surface area contributed by atoms with E-state index in [0.29, 0.717) is 30.3 Å². The van der Waals surface area contributed by atoms with Crippen LogP contribution < -0.4 is 9.47 Å². The van der Waals surface area contributed by atoms with Crippen LogP contribution in [0.5, 0.6) is 11.5 Å². The zero-order valence-electron chi connectivity index (χ0n) is 8.82. The van der Waals surface area contributed by atoms with Crippen LogP contribution in [0.4, 0.5) is 0 Å². The number of hydrogen-bond acceptors (Lipinski definition) is 3. The van der Waals surface area contributed by atoms with Crippen molar-refractivity contribution in [2.45, 2.75) is 0 Å². The van der Waals surface area contributed by atoms with Crippen LogP contribution in [0.1, 0.15) is 10.4 Å². The Hall–Kier alpha value is -1.71. The zero-order valence-corrected chi connectivity index (χ0v) is 8.82. The first kappa shape index (κ1) is 9.83. The molecule has 1 aromatic carbocycles. The molecule has 0 bridgehead atoms. The molecule has 0 N–H and O–H groups in total. The predicted octanol–water partition coefficient (Wildman–Crippen LogP) is 1.16. The first-order valence-electron chi connectivity index (χ1n) is 4.80. The number of fused-ring (bicyclic) bond motifs is 1. The Morgan fingerprint density at radius 1 is 1.27 bits per heavy atom. The number of para-hydroxylation sites is 1. The van der Waals surface area contributed by atoms with E-state index in [-0.39, 0.29) is 5.91 Å². The number of nitrogens with zero attached hydrogens (tertiary/aromatic N) is 1. The van der Waals surface area contributed by atoms with Crippen molar-refractivity contribution in [3.05, 3.63) is 23.8 Å². The Bertz CT molecular complexity index is 387. The van der Waals surface area contributed by atoms with Gasteiger partial charge in [0.1, 0.15) is 13.2 Å². The molecule has 0 atom stereocenters. The van der Waals surface area contributed by atoms with Crippen LogP contribution in [0.3, 0.4) is 0 Å². The topological polar surface area (TPSA) is 38.8 Å². The largest absolute Gasteiger partial charge is 0.486 e. The molecular weight excluding hydrogens is 194 g/mol. The van der Waals surface area contributed by atoms with Gasteiger partial charge < -0.3 is 14.4 Å². The Morgan fingerprint density at radius 3 is 2.73 bits per heavy atom. The third-order valence-electron chi connectivity index (χ3n) is 2.20. The van der Waals surface area contributed by atoms with Crippen molar-refractivity contribution in [2.75, 3.05) is 27.3 Å². The van der Waals surface area contributed by atoms with E-state index in [2.05, 4.69) is 0 Å². The van der Waals surface area contributed by atoms with Gasteiger partial charge in [-0.3, -0.25) is 4.79 Å². The average molecular weight is 207 g/mol. The molecule has 0 aromatic heterocycles. The van der Waals surface area contributed by atoms with Gasteiger partial charge in [-0.1, -0.05) is 6.07 Å². The fraction of sp³-hybridized carbons (Fsp3) is 0.364. The molecule has 0 saturated heterocycles. The van der Waals surface area contributed by atoms with E-state index >= 15 is 0 Å². The smallest absolute Gasteiger partial charge is 0.257 e. The van der Waals surface area contributed by atoms with E-state index in [4.69, 9.17) is 9.47 Å². The summed E-state index contributed by atoms with van der Waals surface area (Å²) >= 11 is 0. The average Bonchev–Trinajstić information content (AvgIpc) is 2.27. The summed E-state index contributed by atoms with van der Waals surface area (Å²) in [6, 6.07) is 5.35. The molecule has 1 aromatic rings. The highest BCUT2D eigenvalue weighted by molar-refractivity contribution is 5.97. The molecule has 4 heteroatoms. The molecule has 1 heterocycles. The maximum atomic E-state index is 11.8. The number of carbonyl (C=O) groups is 1. The van der Waals surface area contributed by atoms with Crippen molar-refractivity contribution in [2.24, 2.45) is 0 Å². The van der Waals surface area contributed by atoms with E-state index < -0.39 is 0 Å². The van der Waals surface area contributed by atoms with Crippen LogP contribution in [0.15, 0.2) is 18.2 Å². The summed E-state index contributed by atoms with van der Waals surface area (Å²) in [5.41, 5.74) is 0.553. The summed E-state index contributed by atoms with van der Waals surface area (Å²) in [7, 11) is 3.43. The van der Waals surface area contributed by atoms with Gasteiger partial charge in [-0.25, -0.2) is 0 Å². The van der Waals surface area contributed by atoms with E-state index in [9.17, 15) is 4.79 Å². The molecule has 4 nitrogen and oxygen atoms in total. The summed E-state index contributed by atoms with van der Waals surface area (Å²) in [5, 5.41) is 0. The van der Waals surface area contributed by atoms with Crippen molar-refractivity contribution >= 4 is 5.91 Å². The van der Waals surface area contributed by atoms with Gasteiger partial charge in [-0.15, -0.1) is 0 Å². The van der Waals surface area contributed by atoms with Crippen molar-refractivity contribution in [3.63, 3.8) is 0 Å². The fourth-order valence-corrected chi connectivity index (χ4v) is 1.48. The van der Waals surface area contributed by atoms with Crippen LogP contribution >= 0.6 is 0 Å². The van der Waals surface area contributed by atoms with E-state index in [1.165, 1.54) is 4.90 Å². The van der Waals surface area contributed by atoms with E-state index in [0.717, 1.165) is 0 Å². The number of amides is 1. The summed E-state index contributed by atoms with van der Waals surface area (Å²) in [6.07, 6.45) is 0. The number of benzene rings is 1. The van der Waals surface area contributed by atoms with Crippen molar-refractivity contribution in [3.8, 4) is 11.5 Å².